The summed E-state index contributed by atoms with van der Waals surface area (Å²) in [5.41, 5.74) is 3.37. The van der Waals surface area contributed by atoms with E-state index in [1.807, 2.05) is 16.8 Å². The molecule has 5 rings (SSSR count). The van der Waals surface area contributed by atoms with Crippen LogP contribution in [-0.4, -0.2) is 14.8 Å². The Balaban J connectivity index is 1.70. The molecule has 0 saturated heterocycles. The molecule has 5 heteroatoms. The van der Waals surface area contributed by atoms with E-state index < -0.39 is 0 Å². The topological polar surface area (TPSA) is 42.7 Å². The van der Waals surface area contributed by atoms with Gasteiger partial charge in [0, 0.05) is 10.2 Å². The van der Waals surface area contributed by atoms with Gasteiger partial charge in [0.05, 0.1) is 0 Å². The van der Waals surface area contributed by atoms with Gasteiger partial charge >= 0.3 is 0 Å². The molecule has 0 saturated carbocycles. The molecule has 1 aliphatic heterocycles. The van der Waals surface area contributed by atoms with E-state index in [1.165, 1.54) is 16.3 Å². The maximum atomic E-state index is 4.45. The van der Waals surface area contributed by atoms with E-state index in [0.29, 0.717) is 0 Å². The highest BCUT2D eigenvalue weighted by Gasteiger charge is 2.24. The molecule has 1 unspecified atom stereocenters. The maximum absolute atomic E-state index is 4.45. The molecule has 1 aromatic heterocycles. The Kier molecular flexibility index (Phi) is 3.60. The van der Waals surface area contributed by atoms with E-state index in [4.69, 9.17) is 0 Å². The smallest absolute Gasteiger partial charge is 0.226 e. The molecule has 4 nitrogen and oxygen atoms in total. The molecule has 0 bridgehead atoms. The molecule has 2 heterocycles. The van der Waals surface area contributed by atoms with Gasteiger partial charge in [0.25, 0.3) is 0 Å². The molecule has 126 valence electrons. The predicted molar refractivity (Wildman–Crippen MR) is 108 cm³/mol. The molecule has 0 aliphatic carbocycles. The number of aromatic nitrogens is 3. The first-order valence-corrected chi connectivity index (χ1v) is 9.21. The second kappa shape index (κ2) is 6.11. The molecule has 1 aliphatic rings. The van der Waals surface area contributed by atoms with Crippen molar-refractivity contribution in [2.75, 3.05) is 5.32 Å². The fourth-order valence-corrected chi connectivity index (χ4v) is 3.73. The van der Waals surface area contributed by atoms with Gasteiger partial charge in [-0.1, -0.05) is 70.5 Å². The quantitative estimate of drug-likeness (QED) is 0.497. The summed E-state index contributed by atoms with van der Waals surface area (Å²) in [4.78, 5) is 4.40. The third kappa shape index (κ3) is 2.52. The van der Waals surface area contributed by atoms with Crippen LogP contribution < -0.4 is 5.32 Å². The fraction of sp³-hybridized carbons (Fsp3) is 0.0476. The minimum atomic E-state index is -0.0153. The van der Waals surface area contributed by atoms with Crippen LogP contribution in [0, 0.1) is 0 Å². The van der Waals surface area contributed by atoms with Gasteiger partial charge in [0.15, 0.2) is 0 Å². The fourth-order valence-electron chi connectivity index (χ4n) is 3.46. The van der Waals surface area contributed by atoms with Gasteiger partial charge in [-0.3, -0.25) is 0 Å². The Morgan fingerprint density at radius 1 is 0.923 bits per heavy atom. The average Bonchev–Trinajstić information content (AvgIpc) is 3.16. The molecule has 0 amide bonds. The van der Waals surface area contributed by atoms with Crippen molar-refractivity contribution in [3.8, 4) is 0 Å². The van der Waals surface area contributed by atoms with Gasteiger partial charge < -0.3 is 5.32 Å². The van der Waals surface area contributed by atoms with Crippen LogP contribution >= 0.6 is 15.9 Å². The predicted octanol–water partition coefficient (Wildman–Crippen LogP) is 5.25. The number of benzene rings is 3. The summed E-state index contributed by atoms with van der Waals surface area (Å²) < 4.78 is 3.00. The monoisotopic (exact) mass is 402 g/mol. The summed E-state index contributed by atoms with van der Waals surface area (Å²) in [6, 6.07) is 23.1. The zero-order valence-corrected chi connectivity index (χ0v) is 15.4. The van der Waals surface area contributed by atoms with Crippen LogP contribution in [-0.2, 0) is 0 Å². The molecule has 0 radical (unpaired) electrons. The first kappa shape index (κ1) is 15.3. The highest BCUT2D eigenvalue weighted by Crippen LogP contribution is 2.35. The van der Waals surface area contributed by atoms with Crippen molar-refractivity contribution >= 4 is 38.3 Å². The van der Waals surface area contributed by atoms with Crippen molar-refractivity contribution in [3.05, 3.63) is 94.7 Å². The zero-order valence-electron chi connectivity index (χ0n) is 13.8. The molecule has 0 fully saturated rings. The van der Waals surface area contributed by atoms with Crippen LogP contribution in [0.1, 0.15) is 17.2 Å². The molecule has 26 heavy (non-hydrogen) atoms. The number of fused-ring (bicyclic) bond motifs is 2. The Hall–Kier alpha value is -2.92. The first-order valence-electron chi connectivity index (χ1n) is 8.41. The Bertz CT molecular complexity index is 1120. The summed E-state index contributed by atoms with van der Waals surface area (Å²) in [5, 5.41) is 10.3. The third-order valence-electron chi connectivity index (χ3n) is 4.70. The second-order valence-corrected chi connectivity index (χ2v) is 7.17. The number of anilines is 1. The molecular formula is C21H15BrN4. The van der Waals surface area contributed by atoms with Crippen molar-refractivity contribution in [2.24, 2.45) is 0 Å². The number of rotatable bonds is 2. The Labute approximate surface area is 159 Å². The number of hydrogen-bond acceptors (Lipinski definition) is 3. The number of halogens is 1. The van der Waals surface area contributed by atoms with E-state index in [2.05, 4.69) is 92.0 Å². The molecule has 3 aromatic carbocycles. The summed E-state index contributed by atoms with van der Waals surface area (Å²) in [7, 11) is 0. The highest BCUT2D eigenvalue weighted by atomic mass is 79.9. The van der Waals surface area contributed by atoms with E-state index in [1.54, 1.807) is 6.33 Å². The van der Waals surface area contributed by atoms with Gasteiger partial charge in [-0.2, -0.15) is 10.1 Å². The molecule has 0 spiro atoms. The van der Waals surface area contributed by atoms with Crippen LogP contribution in [0.3, 0.4) is 0 Å². The van der Waals surface area contributed by atoms with Gasteiger partial charge in [0.1, 0.15) is 12.4 Å². The summed E-state index contributed by atoms with van der Waals surface area (Å²) in [5.74, 6) is 0.753. The van der Waals surface area contributed by atoms with Crippen molar-refractivity contribution in [3.63, 3.8) is 0 Å². The Morgan fingerprint density at radius 3 is 2.62 bits per heavy atom. The van der Waals surface area contributed by atoms with Crippen LogP contribution in [0.15, 0.2) is 83.6 Å². The van der Waals surface area contributed by atoms with E-state index in [0.717, 1.165) is 21.7 Å². The van der Waals surface area contributed by atoms with Gasteiger partial charge in [-0.05, 0) is 40.1 Å². The number of nitrogens with zero attached hydrogens (tertiary/aromatic N) is 3. The van der Waals surface area contributed by atoms with Crippen LogP contribution in [0.5, 0.6) is 0 Å². The lowest BCUT2D eigenvalue weighted by Gasteiger charge is -2.25. The third-order valence-corrected chi connectivity index (χ3v) is 5.23. The zero-order chi connectivity index (χ0) is 17.5. The van der Waals surface area contributed by atoms with Gasteiger partial charge in [0.2, 0.25) is 5.95 Å². The second-order valence-electron chi connectivity index (χ2n) is 6.25. The van der Waals surface area contributed by atoms with Crippen LogP contribution in [0.25, 0.3) is 16.5 Å². The van der Waals surface area contributed by atoms with Crippen molar-refractivity contribution in [1.29, 1.82) is 0 Å². The summed E-state index contributed by atoms with van der Waals surface area (Å²) in [6.07, 6.45) is 3.81. The first-order chi connectivity index (χ1) is 12.8. The molecular weight excluding hydrogens is 388 g/mol. The SMILES string of the molecule is Brc1ccc(C2=CC(c3cccc4ccccc34)n3ncnc3N2)cc1. The van der Waals surface area contributed by atoms with Crippen molar-refractivity contribution in [1.82, 2.24) is 14.8 Å². The lowest BCUT2D eigenvalue weighted by atomic mass is 9.96. The number of nitrogens with one attached hydrogen (secondary N) is 1. The maximum Gasteiger partial charge on any atom is 0.226 e. The average molecular weight is 403 g/mol. The van der Waals surface area contributed by atoms with Crippen molar-refractivity contribution in [2.45, 2.75) is 6.04 Å². The molecule has 1 atom stereocenters. The Morgan fingerprint density at radius 2 is 1.73 bits per heavy atom. The summed E-state index contributed by atoms with van der Waals surface area (Å²) >= 11 is 3.50. The highest BCUT2D eigenvalue weighted by molar-refractivity contribution is 9.10. The summed E-state index contributed by atoms with van der Waals surface area (Å²) in [6.45, 7) is 0. The number of hydrogen-bond donors (Lipinski definition) is 1. The number of allylic oxidation sites excluding steroid dienone is 1. The lowest BCUT2D eigenvalue weighted by molar-refractivity contribution is 0.615. The minimum absolute atomic E-state index is 0.0153. The molecule has 4 aromatic rings. The van der Waals surface area contributed by atoms with Crippen LogP contribution in [0.4, 0.5) is 5.95 Å². The van der Waals surface area contributed by atoms with E-state index >= 15 is 0 Å². The largest absolute Gasteiger partial charge is 0.324 e. The van der Waals surface area contributed by atoms with Crippen LogP contribution in [0.2, 0.25) is 0 Å². The lowest BCUT2D eigenvalue weighted by Crippen LogP contribution is -2.20. The van der Waals surface area contributed by atoms with Gasteiger partial charge in [-0.15, -0.1) is 0 Å². The van der Waals surface area contributed by atoms with Crippen molar-refractivity contribution < 1.29 is 0 Å². The standard InChI is InChI=1S/C21H15BrN4/c22-16-10-8-15(9-11-16)19-12-20(26-21(25-19)23-13-24-26)18-7-3-5-14-4-1-2-6-17(14)18/h1-13,20H,(H,23,24,25). The normalized spacial score (nSPS) is 16.0. The van der Waals surface area contributed by atoms with E-state index in [-0.39, 0.29) is 6.04 Å². The molecule has 1 N–H and O–H groups in total. The van der Waals surface area contributed by atoms with Gasteiger partial charge in [-0.25, -0.2) is 4.68 Å². The minimum Gasteiger partial charge on any atom is -0.324 e. The van der Waals surface area contributed by atoms with E-state index in [9.17, 15) is 0 Å².